The Morgan fingerprint density at radius 1 is 1.07 bits per heavy atom. The lowest BCUT2D eigenvalue weighted by Gasteiger charge is -2.36. The number of carbonyl (C=O) groups excluding carboxylic acids is 2. The highest BCUT2D eigenvalue weighted by Gasteiger charge is 2.30. The molecule has 1 aromatic carbocycles. The number of nitrogens with zero attached hydrogens (tertiary/aromatic N) is 4. The molecule has 0 bridgehead atoms. The summed E-state index contributed by atoms with van der Waals surface area (Å²) in [5.74, 6) is -2.24. The highest BCUT2D eigenvalue weighted by atomic mass is 19.1. The van der Waals surface area contributed by atoms with Crippen molar-refractivity contribution in [3.63, 3.8) is 0 Å². The molecule has 2 saturated heterocycles. The Hall–Kier alpha value is -4.43. The van der Waals surface area contributed by atoms with Gasteiger partial charge in [0.25, 0.3) is 0 Å². The molecule has 2 aliphatic heterocycles. The van der Waals surface area contributed by atoms with Crippen LogP contribution in [0.5, 0.6) is 11.5 Å². The second-order valence-corrected chi connectivity index (χ2v) is 10.3. The molecule has 2 amide bonds. The SMILES string of the molecule is COc1cc(OC)c(F)c(-c2cc3cnc(N[C@@H]4COC[C@@H]4C=CC(=O)NC=O)nc3c(N3CC(C)OC(C)C3)n2)c1F. The lowest BCUT2D eigenvalue weighted by molar-refractivity contribution is -0.121. The van der Waals surface area contributed by atoms with Crippen LogP contribution in [0, 0.1) is 17.6 Å². The summed E-state index contributed by atoms with van der Waals surface area (Å²) in [5, 5.41) is 5.82. The van der Waals surface area contributed by atoms with E-state index in [9.17, 15) is 9.59 Å². The van der Waals surface area contributed by atoms with Crippen LogP contribution < -0.4 is 25.0 Å². The Morgan fingerprint density at radius 3 is 2.42 bits per heavy atom. The van der Waals surface area contributed by atoms with Gasteiger partial charge in [0.1, 0.15) is 5.52 Å². The van der Waals surface area contributed by atoms with Gasteiger partial charge in [0.05, 0.1) is 56.9 Å². The molecule has 43 heavy (non-hydrogen) atoms. The second-order valence-electron chi connectivity index (χ2n) is 10.3. The highest BCUT2D eigenvalue weighted by Crippen LogP contribution is 2.39. The van der Waals surface area contributed by atoms with Crippen molar-refractivity contribution in [3.8, 4) is 22.8 Å². The van der Waals surface area contributed by atoms with E-state index in [2.05, 4.69) is 15.6 Å². The van der Waals surface area contributed by atoms with Crippen LogP contribution in [0.4, 0.5) is 20.5 Å². The Bertz CT molecular complexity index is 1520. The van der Waals surface area contributed by atoms with Crippen molar-refractivity contribution in [1.82, 2.24) is 20.3 Å². The van der Waals surface area contributed by atoms with Crippen LogP contribution in [0.1, 0.15) is 13.8 Å². The lowest BCUT2D eigenvalue weighted by Crippen LogP contribution is -2.46. The zero-order valence-corrected chi connectivity index (χ0v) is 24.1. The average molecular weight is 599 g/mol. The van der Waals surface area contributed by atoms with Gasteiger partial charge in [-0.1, -0.05) is 6.08 Å². The zero-order valence-electron chi connectivity index (χ0n) is 24.1. The van der Waals surface area contributed by atoms with Crippen LogP contribution in [0.25, 0.3) is 22.2 Å². The minimum atomic E-state index is -0.913. The number of benzene rings is 1. The molecule has 2 N–H and O–H groups in total. The van der Waals surface area contributed by atoms with E-state index in [1.807, 2.05) is 18.7 Å². The molecule has 228 valence electrons. The van der Waals surface area contributed by atoms with E-state index in [1.165, 1.54) is 26.4 Å². The minimum absolute atomic E-state index is 0.0220. The van der Waals surface area contributed by atoms with Gasteiger partial charge in [-0.3, -0.25) is 14.9 Å². The molecular formula is C29H32F2N6O6. The van der Waals surface area contributed by atoms with E-state index in [0.717, 1.165) is 6.07 Å². The van der Waals surface area contributed by atoms with E-state index in [4.69, 9.17) is 28.9 Å². The van der Waals surface area contributed by atoms with Crippen molar-refractivity contribution >= 4 is 35.0 Å². The number of rotatable bonds is 9. The first-order valence-electron chi connectivity index (χ1n) is 13.7. The third-order valence-electron chi connectivity index (χ3n) is 7.23. The van der Waals surface area contributed by atoms with Crippen LogP contribution in [0.15, 0.2) is 30.5 Å². The van der Waals surface area contributed by atoms with Crippen LogP contribution in [-0.4, -0.2) is 86.0 Å². The van der Waals surface area contributed by atoms with Crippen molar-refractivity contribution in [1.29, 1.82) is 0 Å². The fraction of sp³-hybridized carbons (Fsp3) is 0.414. The molecule has 0 saturated carbocycles. The number of nitrogens with one attached hydrogen (secondary N) is 2. The smallest absolute Gasteiger partial charge is 0.250 e. The standard InChI is InChI=1S/C29H32F2N6O6/c1-15-10-37(11-16(2)43-15)28-27-18(7-19(34-28)24-25(30)21(40-3)8-22(41-4)26(24)31)9-32-29(36-27)35-20-13-42-12-17(20)5-6-23(39)33-14-38/h5-9,14-17,20H,10-13H2,1-4H3,(H,32,35,36)(H,33,38,39)/t15?,16?,17-,20+/m0/s1. The Labute approximate surface area is 246 Å². The molecule has 0 aliphatic carbocycles. The Morgan fingerprint density at radius 2 is 1.77 bits per heavy atom. The maximum Gasteiger partial charge on any atom is 0.250 e. The third-order valence-corrected chi connectivity index (χ3v) is 7.23. The molecule has 12 nitrogen and oxygen atoms in total. The number of imide groups is 1. The summed E-state index contributed by atoms with van der Waals surface area (Å²) in [7, 11) is 2.57. The number of hydrogen-bond donors (Lipinski definition) is 2. The first-order valence-corrected chi connectivity index (χ1v) is 13.7. The van der Waals surface area contributed by atoms with E-state index in [-0.39, 0.29) is 47.3 Å². The quantitative estimate of drug-likeness (QED) is 0.278. The number of methoxy groups -OCH3 is 2. The number of halogens is 2. The van der Waals surface area contributed by atoms with Crippen LogP contribution in [0.3, 0.4) is 0 Å². The summed E-state index contributed by atoms with van der Waals surface area (Å²) in [4.78, 5) is 38.1. The predicted molar refractivity (Wildman–Crippen MR) is 153 cm³/mol. The number of amides is 2. The maximum absolute atomic E-state index is 15.5. The number of ether oxygens (including phenoxy) is 4. The molecule has 0 radical (unpaired) electrons. The number of pyridine rings is 1. The molecule has 2 unspecified atom stereocenters. The van der Waals surface area contributed by atoms with Gasteiger partial charge in [-0.15, -0.1) is 0 Å². The molecule has 3 aromatic rings. The topological polar surface area (TPSA) is 137 Å². The molecule has 2 aromatic heterocycles. The summed E-state index contributed by atoms with van der Waals surface area (Å²) in [6, 6.07) is 2.41. The van der Waals surface area contributed by atoms with Crippen molar-refractivity contribution in [2.45, 2.75) is 32.1 Å². The van der Waals surface area contributed by atoms with Gasteiger partial charge in [-0.2, -0.15) is 0 Å². The van der Waals surface area contributed by atoms with E-state index >= 15 is 8.78 Å². The summed E-state index contributed by atoms with van der Waals surface area (Å²) < 4.78 is 52.8. The predicted octanol–water partition coefficient (Wildman–Crippen LogP) is 2.86. The number of morpholine rings is 1. The van der Waals surface area contributed by atoms with Gasteiger partial charge in [0.15, 0.2) is 29.0 Å². The summed E-state index contributed by atoms with van der Waals surface area (Å²) in [6.45, 7) is 5.52. The highest BCUT2D eigenvalue weighted by molar-refractivity contribution is 5.94. The minimum Gasteiger partial charge on any atom is -0.494 e. The number of fused-ring (bicyclic) bond motifs is 1. The molecule has 2 aliphatic rings. The van der Waals surface area contributed by atoms with Crippen LogP contribution >= 0.6 is 0 Å². The molecule has 14 heteroatoms. The van der Waals surface area contributed by atoms with Gasteiger partial charge < -0.3 is 29.2 Å². The number of anilines is 2. The molecule has 4 heterocycles. The van der Waals surface area contributed by atoms with Gasteiger partial charge >= 0.3 is 0 Å². The van der Waals surface area contributed by atoms with E-state index < -0.39 is 23.1 Å². The molecular weight excluding hydrogens is 566 g/mol. The zero-order chi connectivity index (χ0) is 30.7. The maximum atomic E-state index is 15.5. The lowest BCUT2D eigenvalue weighted by atomic mass is 10.0. The summed E-state index contributed by atoms with van der Waals surface area (Å²) in [6.07, 6.45) is 4.54. The third kappa shape index (κ3) is 6.34. The van der Waals surface area contributed by atoms with E-state index in [1.54, 1.807) is 12.3 Å². The van der Waals surface area contributed by atoms with Gasteiger partial charge in [0, 0.05) is 36.7 Å². The van der Waals surface area contributed by atoms with Gasteiger partial charge in [-0.05, 0) is 26.0 Å². The van der Waals surface area contributed by atoms with Gasteiger partial charge in [-0.25, -0.2) is 23.7 Å². The van der Waals surface area contributed by atoms with Crippen LogP contribution in [0.2, 0.25) is 0 Å². The fourth-order valence-corrected chi connectivity index (χ4v) is 5.29. The Kier molecular flexibility index (Phi) is 8.97. The van der Waals surface area contributed by atoms with Crippen molar-refractivity contribution in [2.24, 2.45) is 5.92 Å². The normalized spacial score (nSPS) is 22.1. The summed E-state index contributed by atoms with van der Waals surface area (Å²) >= 11 is 0. The van der Waals surface area contributed by atoms with Crippen molar-refractivity contribution < 1.29 is 37.3 Å². The largest absolute Gasteiger partial charge is 0.494 e. The first-order chi connectivity index (χ1) is 20.7. The number of aromatic nitrogens is 3. The molecule has 4 atom stereocenters. The summed E-state index contributed by atoms with van der Waals surface area (Å²) in [5.41, 5.74) is 0.0932. The fourth-order valence-electron chi connectivity index (χ4n) is 5.29. The monoisotopic (exact) mass is 598 g/mol. The van der Waals surface area contributed by atoms with E-state index in [0.29, 0.717) is 49.4 Å². The molecule has 2 fully saturated rings. The number of carbonyl (C=O) groups is 2. The number of hydrogen-bond acceptors (Lipinski definition) is 11. The van der Waals surface area contributed by atoms with Crippen molar-refractivity contribution in [2.75, 3.05) is 50.7 Å². The van der Waals surface area contributed by atoms with Crippen molar-refractivity contribution in [3.05, 3.63) is 42.1 Å². The van der Waals surface area contributed by atoms with Crippen LogP contribution in [-0.2, 0) is 19.1 Å². The molecule has 0 spiro atoms. The Balaban J connectivity index is 1.58. The first kappa shape index (κ1) is 30.0. The molecule has 5 rings (SSSR count). The average Bonchev–Trinajstić information content (AvgIpc) is 3.42. The second kappa shape index (κ2) is 12.8. The van der Waals surface area contributed by atoms with Gasteiger partial charge in [0.2, 0.25) is 18.3 Å².